The van der Waals surface area contributed by atoms with E-state index in [0.717, 1.165) is 61.8 Å². The fraction of sp³-hybridized carbons (Fsp3) is 0.0455. The van der Waals surface area contributed by atoms with E-state index in [1.54, 1.807) is 0 Å². The topological polar surface area (TPSA) is 43.6 Å². The maximum absolute atomic E-state index is 5.02. The van der Waals surface area contributed by atoms with Crippen molar-refractivity contribution in [2.45, 2.75) is 19.3 Å². The Labute approximate surface area is 407 Å². The van der Waals surface area contributed by atoms with Crippen LogP contribution in [0, 0.1) is 0 Å². The van der Waals surface area contributed by atoms with Gasteiger partial charge in [-0.2, -0.15) is 0 Å². The van der Waals surface area contributed by atoms with Crippen LogP contribution in [0.3, 0.4) is 0 Å². The number of benzene rings is 8. The van der Waals surface area contributed by atoms with Crippen molar-refractivity contribution in [3.63, 3.8) is 0 Å². The standard InChI is InChI=1S/C66H46N4/c1-66(2)58-23-10-9-20-54(58)56-22-15-21-53(65(56)66)48-31-33-63-57(39-48)55-32-30-47(42-64(55)70(63)52-37-49(43-16-5-3-6-17-43)36-50(38-52)44-18-7-4-8-19-44)45-26-28-46(29-27-45)51-40-61(59-24-11-13-34-67-59)69-62(41-51)60-25-12-14-35-68-60/h3-42H,1-2H3. The molecule has 4 aromatic heterocycles. The highest BCUT2D eigenvalue weighted by atomic mass is 15.0. The third-order valence-electron chi connectivity index (χ3n) is 14.3. The predicted octanol–water partition coefficient (Wildman–Crippen LogP) is 16.9. The molecule has 4 nitrogen and oxygen atoms in total. The van der Waals surface area contributed by atoms with Gasteiger partial charge in [0.1, 0.15) is 0 Å². The molecule has 70 heavy (non-hydrogen) atoms. The second-order valence-corrected chi connectivity index (χ2v) is 18.8. The van der Waals surface area contributed by atoms with Gasteiger partial charge in [-0.3, -0.25) is 9.97 Å². The number of nitrogens with zero attached hydrogens (tertiary/aromatic N) is 4. The molecule has 1 aliphatic rings. The van der Waals surface area contributed by atoms with E-state index in [2.05, 4.69) is 223 Å². The second-order valence-electron chi connectivity index (χ2n) is 18.8. The average molecular weight is 895 g/mol. The van der Waals surface area contributed by atoms with Crippen LogP contribution in [-0.2, 0) is 5.41 Å². The van der Waals surface area contributed by atoms with Crippen molar-refractivity contribution in [3.8, 4) is 95.2 Å². The monoisotopic (exact) mass is 894 g/mol. The largest absolute Gasteiger partial charge is 0.309 e. The van der Waals surface area contributed by atoms with Crippen LogP contribution in [0.4, 0.5) is 0 Å². The first kappa shape index (κ1) is 41.2. The van der Waals surface area contributed by atoms with Crippen molar-refractivity contribution >= 4 is 21.8 Å². The molecule has 0 N–H and O–H groups in total. The van der Waals surface area contributed by atoms with Crippen LogP contribution in [0.15, 0.2) is 243 Å². The lowest BCUT2D eigenvalue weighted by molar-refractivity contribution is 0.662. The van der Waals surface area contributed by atoms with Crippen LogP contribution in [0.25, 0.3) is 117 Å². The first-order chi connectivity index (χ1) is 34.4. The molecule has 0 fully saturated rings. The molecule has 0 saturated carbocycles. The van der Waals surface area contributed by atoms with Crippen LogP contribution >= 0.6 is 0 Å². The minimum absolute atomic E-state index is 0.137. The zero-order valence-electron chi connectivity index (χ0n) is 38.9. The number of fused-ring (bicyclic) bond motifs is 6. The Hall–Kier alpha value is -8.99. The van der Waals surface area contributed by atoms with Crippen molar-refractivity contribution in [3.05, 3.63) is 254 Å². The van der Waals surface area contributed by atoms with E-state index in [1.807, 2.05) is 48.8 Å². The molecule has 0 saturated heterocycles. The molecule has 4 heteroatoms. The van der Waals surface area contributed by atoms with Gasteiger partial charge in [-0.1, -0.05) is 172 Å². The summed E-state index contributed by atoms with van der Waals surface area (Å²) in [5, 5.41) is 2.43. The summed E-state index contributed by atoms with van der Waals surface area (Å²) < 4.78 is 2.48. The maximum Gasteiger partial charge on any atom is 0.0900 e. The molecule has 0 radical (unpaired) electrons. The molecular weight excluding hydrogens is 849 g/mol. The van der Waals surface area contributed by atoms with E-state index in [-0.39, 0.29) is 5.41 Å². The van der Waals surface area contributed by atoms with E-state index in [4.69, 9.17) is 4.98 Å². The molecule has 330 valence electrons. The molecule has 0 bridgehead atoms. The van der Waals surface area contributed by atoms with Gasteiger partial charge in [0, 0.05) is 34.3 Å². The molecule has 4 heterocycles. The summed E-state index contributed by atoms with van der Waals surface area (Å²) in [5.41, 5.74) is 23.6. The van der Waals surface area contributed by atoms with Crippen LogP contribution in [0.1, 0.15) is 25.0 Å². The van der Waals surface area contributed by atoms with Crippen LogP contribution < -0.4 is 0 Å². The smallest absolute Gasteiger partial charge is 0.0900 e. The van der Waals surface area contributed by atoms with Crippen LogP contribution in [0.2, 0.25) is 0 Å². The first-order valence-electron chi connectivity index (χ1n) is 24.0. The molecule has 0 atom stereocenters. The van der Waals surface area contributed by atoms with Crippen molar-refractivity contribution < 1.29 is 0 Å². The summed E-state index contributed by atoms with van der Waals surface area (Å²) in [6, 6.07) is 83.4. The fourth-order valence-corrected chi connectivity index (χ4v) is 10.9. The van der Waals surface area contributed by atoms with Gasteiger partial charge in [-0.05, 0) is 151 Å². The number of rotatable bonds is 8. The van der Waals surface area contributed by atoms with Crippen molar-refractivity contribution in [1.29, 1.82) is 0 Å². The Bertz CT molecular complexity index is 3820. The van der Waals surface area contributed by atoms with Gasteiger partial charge in [-0.15, -0.1) is 0 Å². The molecule has 13 rings (SSSR count). The highest BCUT2D eigenvalue weighted by Crippen LogP contribution is 2.52. The van der Waals surface area contributed by atoms with E-state index in [1.165, 1.54) is 66.4 Å². The Balaban J connectivity index is 0.985. The third kappa shape index (κ3) is 7.03. The summed E-state index contributed by atoms with van der Waals surface area (Å²) in [6.45, 7) is 4.75. The number of hydrogen-bond acceptors (Lipinski definition) is 3. The Morgan fingerprint density at radius 3 is 1.50 bits per heavy atom. The van der Waals surface area contributed by atoms with E-state index >= 15 is 0 Å². The lowest BCUT2D eigenvalue weighted by Crippen LogP contribution is -2.16. The zero-order valence-corrected chi connectivity index (χ0v) is 38.9. The minimum atomic E-state index is -0.137. The number of hydrogen-bond donors (Lipinski definition) is 0. The quantitative estimate of drug-likeness (QED) is 0.153. The fourth-order valence-electron chi connectivity index (χ4n) is 10.9. The Kier molecular flexibility index (Phi) is 9.81. The SMILES string of the molecule is CC1(C)c2ccccc2-c2cccc(-c3ccc4c(c3)c3ccc(-c5ccc(-c6cc(-c7ccccn7)nc(-c7ccccn7)c6)cc5)cc3n4-c3cc(-c4ccccc4)cc(-c4ccccc4)c3)c21. The van der Waals surface area contributed by atoms with Crippen molar-refractivity contribution in [2.75, 3.05) is 0 Å². The number of aromatic nitrogens is 4. The van der Waals surface area contributed by atoms with Gasteiger partial charge in [0.05, 0.1) is 33.8 Å². The second kappa shape index (κ2) is 16.7. The summed E-state index contributed by atoms with van der Waals surface area (Å²) in [5.74, 6) is 0. The lowest BCUT2D eigenvalue weighted by atomic mass is 9.79. The van der Waals surface area contributed by atoms with E-state index in [9.17, 15) is 0 Å². The van der Waals surface area contributed by atoms with Gasteiger partial charge >= 0.3 is 0 Å². The highest BCUT2D eigenvalue weighted by molar-refractivity contribution is 6.12. The molecule has 0 unspecified atom stereocenters. The van der Waals surface area contributed by atoms with Gasteiger partial charge in [0.25, 0.3) is 0 Å². The molecule has 12 aromatic rings. The summed E-state index contributed by atoms with van der Waals surface area (Å²) in [6.07, 6.45) is 3.62. The molecule has 0 aliphatic heterocycles. The summed E-state index contributed by atoms with van der Waals surface area (Å²) >= 11 is 0. The molecule has 8 aromatic carbocycles. The van der Waals surface area contributed by atoms with Crippen LogP contribution in [-0.4, -0.2) is 19.5 Å². The molecule has 0 amide bonds. The lowest BCUT2D eigenvalue weighted by Gasteiger charge is -2.24. The summed E-state index contributed by atoms with van der Waals surface area (Å²) in [7, 11) is 0. The van der Waals surface area contributed by atoms with Gasteiger partial charge in [-0.25, -0.2) is 4.98 Å². The van der Waals surface area contributed by atoms with E-state index < -0.39 is 0 Å². The van der Waals surface area contributed by atoms with Crippen LogP contribution in [0.5, 0.6) is 0 Å². The van der Waals surface area contributed by atoms with Gasteiger partial charge in [0.2, 0.25) is 0 Å². The Morgan fingerprint density at radius 1 is 0.329 bits per heavy atom. The number of pyridine rings is 3. The predicted molar refractivity (Wildman–Crippen MR) is 290 cm³/mol. The minimum Gasteiger partial charge on any atom is -0.309 e. The normalized spacial score (nSPS) is 12.5. The average Bonchev–Trinajstić information content (AvgIpc) is 3.89. The van der Waals surface area contributed by atoms with E-state index in [0.29, 0.717) is 0 Å². The first-order valence-corrected chi connectivity index (χ1v) is 24.0. The van der Waals surface area contributed by atoms with Gasteiger partial charge < -0.3 is 4.57 Å². The molecule has 1 aliphatic carbocycles. The van der Waals surface area contributed by atoms with Crippen molar-refractivity contribution in [2.24, 2.45) is 0 Å². The summed E-state index contributed by atoms with van der Waals surface area (Å²) in [4.78, 5) is 14.3. The maximum atomic E-state index is 5.02. The zero-order chi connectivity index (χ0) is 46.8. The highest BCUT2D eigenvalue weighted by Gasteiger charge is 2.37. The van der Waals surface area contributed by atoms with Gasteiger partial charge in [0.15, 0.2) is 0 Å². The molecule has 0 spiro atoms. The Morgan fingerprint density at radius 2 is 0.857 bits per heavy atom. The third-order valence-corrected chi connectivity index (χ3v) is 14.3. The van der Waals surface area contributed by atoms with Crippen molar-refractivity contribution in [1.82, 2.24) is 19.5 Å². The molecular formula is C66H46N4.